The van der Waals surface area contributed by atoms with Gasteiger partial charge >= 0.3 is 5.97 Å². The highest BCUT2D eigenvalue weighted by Crippen LogP contribution is 2.02. The minimum absolute atomic E-state index is 0.117. The molecule has 0 unspecified atom stereocenters. The summed E-state index contributed by atoms with van der Waals surface area (Å²) < 4.78 is 4.54. The van der Waals surface area contributed by atoms with E-state index in [1.54, 1.807) is 6.92 Å². The van der Waals surface area contributed by atoms with Gasteiger partial charge in [0.15, 0.2) is 0 Å². The predicted molar refractivity (Wildman–Crippen MR) is 42.5 cm³/mol. The van der Waals surface area contributed by atoms with E-state index >= 15 is 0 Å². The Labute approximate surface area is 69.5 Å². The molecule has 5 heteroatoms. The van der Waals surface area contributed by atoms with Crippen LogP contribution in [-0.2, 0) is 9.53 Å². The van der Waals surface area contributed by atoms with Gasteiger partial charge < -0.3 is 15.9 Å². The largest absolute Gasteiger partial charge is 0.462 e. The quantitative estimate of drug-likeness (QED) is 0.286. The summed E-state index contributed by atoms with van der Waals surface area (Å²) in [4.78, 5) is 10.8. The molecule has 0 fully saturated rings. The van der Waals surface area contributed by atoms with E-state index < -0.39 is 5.97 Å². The number of ether oxygens (including phenoxy) is 1. The van der Waals surface area contributed by atoms with E-state index in [0.717, 1.165) is 6.21 Å². The number of carbonyl (C=O) groups excluding carboxylic acids is 1. The van der Waals surface area contributed by atoms with Crippen LogP contribution in [0.15, 0.2) is 10.7 Å². The van der Waals surface area contributed by atoms with Crippen LogP contribution in [0.4, 0.5) is 0 Å². The summed E-state index contributed by atoms with van der Waals surface area (Å²) in [6, 6.07) is 0. The Bertz CT molecular complexity index is 197. The first-order chi connectivity index (χ1) is 5.13. The average Bonchev–Trinajstić information content (AvgIpc) is 1.88. The SMILES string of the molecule is CCOC(=O)/C(C=N)=C(/N)Cl. The number of nitrogens with one attached hydrogen (secondary N) is 1. The molecule has 0 radical (unpaired) electrons. The van der Waals surface area contributed by atoms with Crippen LogP contribution in [0.3, 0.4) is 0 Å². The average molecular weight is 177 g/mol. The molecule has 0 aliphatic carbocycles. The smallest absolute Gasteiger partial charge is 0.342 e. The van der Waals surface area contributed by atoms with Gasteiger partial charge in [-0.05, 0) is 6.92 Å². The van der Waals surface area contributed by atoms with E-state index in [1.807, 2.05) is 0 Å². The van der Waals surface area contributed by atoms with Gasteiger partial charge in [-0.1, -0.05) is 11.6 Å². The lowest BCUT2D eigenvalue weighted by atomic mass is 10.3. The van der Waals surface area contributed by atoms with Gasteiger partial charge in [-0.2, -0.15) is 0 Å². The maximum Gasteiger partial charge on any atom is 0.342 e. The van der Waals surface area contributed by atoms with Gasteiger partial charge in [0.05, 0.1) is 6.61 Å². The van der Waals surface area contributed by atoms with E-state index in [1.165, 1.54) is 0 Å². The second-order valence-corrected chi connectivity index (χ2v) is 2.03. The highest BCUT2D eigenvalue weighted by molar-refractivity contribution is 6.33. The molecule has 0 aromatic heterocycles. The fraction of sp³-hybridized carbons (Fsp3) is 0.333. The standard InChI is InChI=1S/C6H9ClN2O2/c1-2-11-6(10)4(3-8)5(7)9/h3,8H,2,9H2,1H3/b5-4+,8-3?. The number of hydrogen-bond acceptors (Lipinski definition) is 4. The maximum absolute atomic E-state index is 10.8. The van der Waals surface area contributed by atoms with Gasteiger partial charge in [0.2, 0.25) is 0 Å². The number of esters is 1. The Morgan fingerprint density at radius 3 is 2.64 bits per heavy atom. The monoisotopic (exact) mass is 176 g/mol. The molecule has 0 aliphatic rings. The molecule has 0 rings (SSSR count). The lowest BCUT2D eigenvalue weighted by Crippen LogP contribution is -2.12. The normalized spacial score (nSPS) is 11.8. The topological polar surface area (TPSA) is 76.2 Å². The third kappa shape index (κ3) is 3.04. The van der Waals surface area contributed by atoms with Crippen molar-refractivity contribution in [1.82, 2.24) is 0 Å². The van der Waals surface area contributed by atoms with E-state index in [9.17, 15) is 4.79 Å². The molecule has 0 aromatic rings. The number of nitrogens with two attached hydrogens (primary N) is 1. The highest BCUT2D eigenvalue weighted by Gasteiger charge is 2.10. The van der Waals surface area contributed by atoms with Crippen molar-refractivity contribution in [3.8, 4) is 0 Å². The Hall–Kier alpha value is -1.03. The highest BCUT2D eigenvalue weighted by atomic mass is 35.5. The molecule has 0 amide bonds. The second kappa shape index (κ2) is 4.73. The van der Waals surface area contributed by atoms with Crippen molar-refractivity contribution in [3.05, 3.63) is 10.7 Å². The van der Waals surface area contributed by atoms with Crippen molar-refractivity contribution < 1.29 is 9.53 Å². The van der Waals surface area contributed by atoms with E-state index in [-0.39, 0.29) is 17.3 Å². The third-order valence-corrected chi connectivity index (χ3v) is 1.10. The number of hydrogen-bond donors (Lipinski definition) is 2. The molecule has 4 nitrogen and oxygen atoms in total. The molecule has 0 atom stereocenters. The Morgan fingerprint density at radius 1 is 1.82 bits per heavy atom. The zero-order chi connectivity index (χ0) is 8.85. The molecular formula is C6H9ClN2O2. The van der Waals surface area contributed by atoms with Crippen LogP contribution in [0.2, 0.25) is 0 Å². The number of halogens is 1. The molecular weight excluding hydrogens is 168 g/mol. The van der Waals surface area contributed by atoms with E-state index in [4.69, 9.17) is 22.7 Å². The van der Waals surface area contributed by atoms with Crippen molar-refractivity contribution in [1.29, 1.82) is 5.41 Å². The molecule has 0 saturated heterocycles. The molecule has 0 heterocycles. The summed E-state index contributed by atoms with van der Waals surface area (Å²) in [5, 5.41) is 6.53. The van der Waals surface area contributed by atoms with Gasteiger partial charge in [0.25, 0.3) is 0 Å². The van der Waals surface area contributed by atoms with Gasteiger partial charge in [-0.15, -0.1) is 0 Å². The van der Waals surface area contributed by atoms with Gasteiger partial charge in [0, 0.05) is 6.21 Å². The Morgan fingerprint density at radius 2 is 2.36 bits per heavy atom. The first-order valence-electron chi connectivity index (χ1n) is 2.96. The maximum atomic E-state index is 10.8. The first kappa shape index (κ1) is 9.97. The fourth-order valence-electron chi connectivity index (χ4n) is 0.434. The third-order valence-electron chi connectivity index (χ3n) is 0.897. The zero-order valence-electron chi connectivity index (χ0n) is 6.06. The summed E-state index contributed by atoms with van der Waals surface area (Å²) in [6.45, 7) is 1.89. The fourth-order valence-corrected chi connectivity index (χ4v) is 0.566. The van der Waals surface area contributed by atoms with E-state index in [2.05, 4.69) is 4.74 Å². The van der Waals surface area contributed by atoms with Gasteiger partial charge in [-0.3, -0.25) is 0 Å². The molecule has 3 N–H and O–H groups in total. The minimum Gasteiger partial charge on any atom is -0.462 e. The van der Waals surface area contributed by atoms with Crippen molar-refractivity contribution >= 4 is 23.8 Å². The lowest BCUT2D eigenvalue weighted by Gasteiger charge is -2.00. The molecule has 0 spiro atoms. The van der Waals surface area contributed by atoms with Crippen LogP contribution in [-0.4, -0.2) is 18.8 Å². The summed E-state index contributed by atoms with van der Waals surface area (Å²) in [7, 11) is 0. The molecule has 11 heavy (non-hydrogen) atoms. The summed E-state index contributed by atoms with van der Waals surface area (Å²) in [5.41, 5.74) is 4.95. The van der Waals surface area contributed by atoms with Crippen LogP contribution < -0.4 is 5.73 Å². The van der Waals surface area contributed by atoms with Crippen molar-refractivity contribution in [2.75, 3.05) is 6.61 Å². The summed E-state index contributed by atoms with van der Waals surface area (Å²) in [5.74, 6) is -0.671. The molecule has 0 aliphatic heterocycles. The predicted octanol–water partition coefficient (Wildman–Crippen LogP) is 0.608. The van der Waals surface area contributed by atoms with Gasteiger partial charge in [0.1, 0.15) is 10.7 Å². The van der Waals surface area contributed by atoms with E-state index in [0.29, 0.717) is 0 Å². The van der Waals surface area contributed by atoms with Gasteiger partial charge in [-0.25, -0.2) is 4.79 Å². The number of rotatable bonds is 3. The Balaban J connectivity index is 4.40. The second-order valence-electron chi connectivity index (χ2n) is 1.63. The minimum atomic E-state index is -0.671. The van der Waals surface area contributed by atoms with Crippen LogP contribution >= 0.6 is 11.6 Å². The van der Waals surface area contributed by atoms with Crippen LogP contribution in [0.1, 0.15) is 6.92 Å². The molecule has 62 valence electrons. The molecule has 0 saturated carbocycles. The lowest BCUT2D eigenvalue weighted by molar-refractivity contribution is -0.137. The van der Waals surface area contributed by atoms with Crippen molar-refractivity contribution in [2.24, 2.45) is 5.73 Å². The van der Waals surface area contributed by atoms with Crippen molar-refractivity contribution in [3.63, 3.8) is 0 Å². The zero-order valence-corrected chi connectivity index (χ0v) is 6.81. The first-order valence-corrected chi connectivity index (χ1v) is 3.34. The van der Waals surface area contributed by atoms with Crippen LogP contribution in [0, 0.1) is 5.41 Å². The molecule has 0 aromatic carbocycles. The summed E-state index contributed by atoms with van der Waals surface area (Å²) in [6.07, 6.45) is 0.764. The van der Waals surface area contributed by atoms with Crippen LogP contribution in [0.25, 0.3) is 0 Å². The van der Waals surface area contributed by atoms with Crippen molar-refractivity contribution in [2.45, 2.75) is 6.92 Å². The Kier molecular flexibility index (Phi) is 4.29. The number of carbonyl (C=O) groups is 1. The summed E-state index contributed by atoms with van der Waals surface area (Å²) >= 11 is 5.28. The molecule has 0 bridgehead atoms. The van der Waals surface area contributed by atoms with Crippen LogP contribution in [0.5, 0.6) is 0 Å².